The van der Waals surface area contributed by atoms with Crippen LogP contribution in [0.1, 0.15) is 39.5 Å². The molecule has 2 fully saturated rings. The van der Waals surface area contributed by atoms with Crippen molar-refractivity contribution in [3.63, 3.8) is 0 Å². The van der Waals surface area contributed by atoms with Crippen LogP contribution in [0.25, 0.3) is 0 Å². The van der Waals surface area contributed by atoms with Crippen LogP contribution in [0.15, 0.2) is 36.0 Å². The molecule has 3 aliphatic carbocycles. The minimum absolute atomic E-state index is 0.00288. The lowest BCUT2D eigenvalue weighted by molar-refractivity contribution is -0.124. The van der Waals surface area contributed by atoms with Crippen LogP contribution in [-0.4, -0.2) is 28.2 Å². The van der Waals surface area contributed by atoms with Crippen LogP contribution in [0.5, 0.6) is 0 Å². The largest absolute Gasteiger partial charge is 0.391 e. The van der Waals surface area contributed by atoms with E-state index in [9.17, 15) is 15.0 Å². The molecule has 3 unspecified atom stereocenters. The second kappa shape index (κ2) is 4.40. The minimum Gasteiger partial charge on any atom is -0.391 e. The third-order valence-corrected chi connectivity index (χ3v) is 5.81. The van der Waals surface area contributed by atoms with Crippen LogP contribution < -0.4 is 0 Å². The van der Waals surface area contributed by atoms with Gasteiger partial charge >= 0.3 is 0 Å². The number of aliphatic hydroxyl groups is 2. The number of Topliss-reactive ketones (excluding diaryl/α,β-unsaturated/α-hetero) is 1. The van der Waals surface area contributed by atoms with Gasteiger partial charge in [-0.2, -0.15) is 0 Å². The van der Waals surface area contributed by atoms with Crippen molar-refractivity contribution in [1.29, 1.82) is 0 Å². The number of carbonyl (C=O) groups excluding carboxylic acids is 1. The average molecular weight is 288 g/mol. The van der Waals surface area contributed by atoms with Crippen molar-refractivity contribution in [3.8, 4) is 0 Å². The Hall–Kier alpha value is -1.19. The lowest BCUT2D eigenvalue weighted by Crippen LogP contribution is -2.40. The van der Waals surface area contributed by atoms with Crippen molar-refractivity contribution in [2.75, 3.05) is 0 Å². The molecule has 0 bridgehead atoms. The average Bonchev–Trinajstić information content (AvgIpc) is 3.20. The Bertz CT molecular complexity index is 563. The molecule has 0 saturated heterocycles. The SMILES string of the molecule is C=CCCC1=C2C(=O)C(C)(C)C(O)C2C(O)C(=C)C12CC2. The van der Waals surface area contributed by atoms with Crippen LogP contribution in [0.4, 0.5) is 0 Å². The summed E-state index contributed by atoms with van der Waals surface area (Å²) in [5.41, 5.74) is 1.56. The maximum Gasteiger partial charge on any atom is 0.167 e. The van der Waals surface area contributed by atoms with E-state index in [0.717, 1.165) is 36.8 Å². The normalized spacial score (nSPS) is 36.1. The molecule has 3 rings (SSSR count). The number of fused-ring (bicyclic) bond motifs is 1. The first-order chi connectivity index (χ1) is 9.79. The monoisotopic (exact) mass is 288 g/mol. The van der Waals surface area contributed by atoms with Gasteiger partial charge in [-0.15, -0.1) is 6.58 Å². The van der Waals surface area contributed by atoms with E-state index in [1.807, 2.05) is 6.08 Å². The molecule has 3 nitrogen and oxygen atoms in total. The Morgan fingerprint density at radius 3 is 2.48 bits per heavy atom. The Morgan fingerprint density at radius 1 is 1.33 bits per heavy atom. The van der Waals surface area contributed by atoms with Crippen molar-refractivity contribution in [1.82, 2.24) is 0 Å². The predicted molar refractivity (Wildman–Crippen MR) is 81.6 cm³/mol. The fraction of sp³-hybridized carbons (Fsp3) is 0.611. The van der Waals surface area contributed by atoms with Gasteiger partial charge in [0.2, 0.25) is 0 Å². The van der Waals surface area contributed by atoms with Crippen LogP contribution >= 0.6 is 0 Å². The topological polar surface area (TPSA) is 57.5 Å². The molecule has 0 aromatic heterocycles. The highest BCUT2D eigenvalue weighted by Crippen LogP contribution is 2.66. The molecule has 2 N–H and O–H groups in total. The highest BCUT2D eigenvalue weighted by atomic mass is 16.3. The second-order valence-electron chi connectivity index (χ2n) is 7.29. The van der Waals surface area contributed by atoms with E-state index in [1.54, 1.807) is 13.8 Å². The van der Waals surface area contributed by atoms with Gasteiger partial charge in [0.1, 0.15) is 0 Å². The summed E-state index contributed by atoms with van der Waals surface area (Å²) in [6, 6.07) is 0. The van der Waals surface area contributed by atoms with E-state index in [-0.39, 0.29) is 11.2 Å². The third-order valence-electron chi connectivity index (χ3n) is 5.81. The van der Waals surface area contributed by atoms with Crippen molar-refractivity contribution < 1.29 is 15.0 Å². The number of hydrogen-bond donors (Lipinski definition) is 2. The lowest BCUT2D eigenvalue weighted by Gasteiger charge is -2.38. The maximum absolute atomic E-state index is 12.8. The van der Waals surface area contributed by atoms with E-state index in [0.29, 0.717) is 5.57 Å². The van der Waals surface area contributed by atoms with Crippen LogP contribution in [-0.2, 0) is 4.79 Å². The van der Waals surface area contributed by atoms with Crippen molar-refractivity contribution >= 4 is 5.78 Å². The summed E-state index contributed by atoms with van der Waals surface area (Å²) < 4.78 is 0. The number of carbonyl (C=O) groups is 1. The Morgan fingerprint density at radius 2 is 1.95 bits per heavy atom. The predicted octanol–water partition coefficient (Wildman–Crippen LogP) is 2.55. The van der Waals surface area contributed by atoms with E-state index < -0.39 is 23.5 Å². The quantitative estimate of drug-likeness (QED) is 0.785. The molecule has 0 heterocycles. The molecular formula is C18H24O3. The van der Waals surface area contributed by atoms with Crippen molar-refractivity contribution in [2.45, 2.75) is 51.7 Å². The van der Waals surface area contributed by atoms with Gasteiger partial charge < -0.3 is 10.2 Å². The molecule has 0 amide bonds. The summed E-state index contributed by atoms with van der Waals surface area (Å²) in [5.74, 6) is -0.511. The molecular weight excluding hydrogens is 264 g/mol. The van der Waals surface area contributed by atoms with Crippen LogP contribution in [0.2, 0.25) is 0 Å². The number of hydrogen-bond acceptors (Lipinski definition) is 3. The molecule has 3 aliphatic rings. The minimum atomic E-state index is -0.846. The molecule has 0 aromatic carbocycles. The van der Waals surface area contributed by atoms with Gasteiger partial charge in [0.15, 0.2) is 5.78 Å². The summed E-state index contributed by atoms with van der Waals surface area (Å²) in [6.45, 7) is 11.4. The van der Waals surface area contributed by atoms with E-state index in [2.05, 4.69) is 13.2 Å². The Balaban J connectivity index is 2.19. The smallest absolute Gasteiger partial charge is 0.167 e. The van der Waals surface area contributed by atoms with Crippen LogP contribution in [0.3, 0.4) is 0 Å². The summed E-state index contributed by atoms with van der Waals surface area (Å²) in [4.78, 5) is 12.8. The standard InChI is InChI=1S/C18H24O3/c1-5-6-7-11-12-13(16(21)17(3,4)15(12)20)14(19)10(2)18(11)8-9-18/h5,13-14,16,19,21H,1-2,6-9H2,3-4H3. The number of allylic oxidation sites excluding steroid dienone is 2. The van der Waals surface area contributed by atoms with Gasteiger partial charge in [-0.1, -0.05) is 32.1 Å². The first-order valence-electron chi connectivity index (χ1n) is 7.73. The van der Waals surface area contributed by atoms with E-state index in [4.69, 9.17) is 0 Å². The Kier molecular flexibility index (Phi) is 3.09. The van der Waals surface area contributed by atoms with Gasteiger partial charge in [-0.3, -0.25) is 4.79 Å². The third kappa shape index (κ3) is 1.71. The first kappa shape index (κ1) is 14.7. The summed E-state index contributed by atoms with van der Waals surface area (Å²) in [6.07, 6.45) is 3.69. The first-order valence-corrected chi connectivity index (χ1v) is 7.73. The van der Waals surface area contributed by atoms with E-state index in [1.165, 1.54) is 0 Å². The fourth-order valence-electron chi connectivity index (χ4n) is 4.23. The van der Waals surface area contributed by atoms with Gasteiger partial charge in [0, 0.05) is 16.9 Å². The van der Waals surface area contributed by atoms with Crippen LogP contribution in [0, 0.1) is 16.7 Å². The highest BCUT2D eigenvalue weighted by Gasteiger charge is 2.63. The molecule has 3 atom stereocenters. The molecule has 3 heteroatoms. The summed E-state index contributed by atoms with van der Waals surface area (Å²) in [5, 5.41) is 21.2. The van der Waals surface area contributed by atoms with Gasteiger partial charge in [-0.05, 0) is 31.3 Å². The molecule has 114 valence electrons. The zero-order valence-corrected chi connectivity index (χ0v) is 12.9. The lowest BCUT2D eigenvalue weighted by atomic mass is 9.69. The Labute approximate surface area is 126 Å². The second-order valence-corrected chi connectivity index (χ2v) is 7.29. The zero-order valence-electron chi connectivity index (χ0n) is 12.9. The van der Waals surface area contributed by atoms with Crippen molar-refractivity contribution in [2.24, 2.45) is 16.7 Å². The highest BCUT2D eigenvalue weighted by molar-refractivity contribution is 6.04. The summed E-state index contributed by atoms with van der Waals surface area (Å²) >= 11 is 0. The molecule has 0 radical (unpaired) electrons. The fourth-order valence-corrected chi connectivity index (χ4v) is 4.23. The number of rotatable bonds is 3. The molecule has 0 aliphatic heterocycles. The molecule has 2 saturated carbocycles. The molecule has 1 spiro atoms. The summed E-state index contributed by atoms with van der Waals surface area (Å²) in [7, 11) is 0. The van der Waals surface area contributed by atoms with Gasteiger partial charge in [0.05, 0.1) is 17.6 Å². The van der Waals surface area contributed by atoms with E-state index >= 15 is 0 Å². The maximum atomic E-state index is 12.8. The zero-order chi connectivity index (χ0) is 15.6. The number of ketones is 1. The molecule has 21 heavy (non-hydrogen) atoms. The van der Waals surface area contributed by atoms with Crippen molar-refractivity contribution in [3.05, 3.63) is 36.0 Å². The van der Waals surface area contributed by atoms with Gasteiger partial charge in [-0.25, -0.2) is 0 Å². The van der Waals surface area contributed by atoms with Gasteiger partial charge in [0.25, 0.3) is 0 Å². The number of aliphatic hydroxyl groups excluding tert-OH is 2. The molecule has 0 aromatic rings.